The number of morpholine rings is 1. The number of aromatic amines is 1. The Hall–Kier alpha value is -2.94. The molecule has 0 spiro atoms. The second-order valence-corrected chi connectivity index (χ2v) is 5.12. The van der Waals surface area contributed by atoms with Crippen LogP contribution in [0, 0.1) is 5.82 Å². The number of aromatic hydroxyl groups is 1. The number of aromatic nitrogens is 2. The van der Waals surface area contributed by atoms with Gasteiger partial charge in [-0.15, -0.1) is 0 Å². The molecule has 1 aromatic heterocycles. The molecule has 1 fully saturated rings. The first-order valence-electron chi connectivity index (χ1n) is 7.27. The molecule has 1 aromatic carbocycles. The number of hydrogen-bond donors (Lipinski definition) is 2. The normalized spacial score (nSPS) is 15.1. The van der Waals surface area contributed by atoms with E-state index in [1.165, 1.54) is 18.3 Å². The third kappa shape index (κ3) is 3.20. The fourth-order valence-corrected chi connectivity index (χ4v) is 2.29. The van der Waals surface area contributed by atoms with Crippen molar-refractivity contribution in [3.05, 3.63) is 56.5 Å². The van der Waals surface area contributed by atoms with Gasteiger partial charge in [-0.3, -0.25) is 14.8 Å². The van der Waals surface area contributed by atoms with Gasteiger partial charge in [0.2, 0.25) is 5.88 Å². The molecule has 0 bridgehead atoms. The number of H-pyrrole nitrogens is 1. The quantitative estimate of drug-likeness (QED) is 0.772. The Balaban J connectivity index is 2.02. The van der Waals surface area contributed by atoms with Crippen LogP contribution in [0.25, 0.3) is 5.69 Å². The summed E-state index contributed by atoms with van der Waals surface area (Å²) in [6.07, 6.45) is 1.19. The van der Waals surface area contributed by atoms with Gasteiger partial charge in [0, 0.05) is 0 Å². The monoisotopic (exact) mass is 334 g/mol. The standard InChI is InChI=1S/C15H15FN4O4/c16-10-1-3-11(4-2-10)20-14(22)12(13(21)18-15(20)23)9-17-19-5-7-24-8-6-19/h1-4,9,22H,5-8H2,(H,18,21,23). The topological polar surface area (TPSA) is 99.9 Å². The molecule has 24 heavy (non-hydrogen) atoms. The third-order valence-corrected chi connectivity index (χ3v) is 3.54. The van der Waals surface area contributed by atoms with Gasteiger partial charge in [0.1, 0.15) is 11.4 Å². The van der Waals surface area contributed by atoms with Gasteiger partial charge in [-0.1, -0.05) is 0 Å². The van der Waals surface area contributed by atoms with E-state index in [2.05, 4.69) is 10.1 Å². The predicted molar refractivity (Wildman–Crippen MR) is 84.3 cm³/mol. The molecule has 1 saturated heterocycles. The van der Waals surface area contributed by atoms with Gasteiger partial charge < -0.3 is 9.84 Å². The third-order valence-electron chi connectivity index (χ3n) is 3.54. The molecular formula is C15H15FN4O4. The lowest BCUT2D eigenvalue weighted by Gasteiger charge is -2.23. The van der Waals surface area contributed by atoms with E-state index in [4.69, 9.17) is 4.74 Å². The lowest BCUT2D eigenvalue weighted by atomic mass is 10.3. The van der Waals surface area contributed by atoms with E-state index >= 15 is 0 Å². The number of benzene rings is 1. The van der Waals surface area contributed by atoms with Crippen molar-refractivity contribution in [1.29, 1.82) is 0 Å². The molecular weight excluding hydrogens is 319 g/mol. The van der Waals surface area contributed by atoms with Gasteiger partial charge in [-0.2, -0.15) is 5.10 Å². The minimum Gasteiger partial charge on any atom is -0.493 e. The highest BCUT2D eigenvalue weighted by Gasteiger charge is 2.15. The molecule has 0 amide bonds. The van der Waals surface area contributed by atoms with E-state index in [9.17, 15) is 19.1 Å². The smallest absolute Gasteiger partial charge is 0.335 e. The average Bonchev–Trinajstić information content (AvgIpc) is 2.57. The molecule has 3 rings (SSSR count). The Labute approximate surface area is 135 Å². The first-order valence-corrected chi connectivity index (χ1v) is 7.27. The summed E-state index contributed by atoms with van der Waals surface area (Å²) in [7, 11) is 0. The van der Waals surface area contributed by atoms with Crippen molar-refractivity contribution in [3.8, 4) is 11.6 Å². The molecule has 0 radical (unpaired) electrons. The van der Waals surface area contributed by atoms with E-state index in [1.54, 1.807) is 5.01 Å². The Bertz CT molecular complexity index is 867. The molecule has 0 saturated carbocycles. The molecule has 2 heterocycles. The first-order chi connectivity index (χ1) is 11.6. The molecule has 9 heteroatoms. The number of nitrogens with one attached hydrogen (secondary N) is 1. The molecule has 1 aliphatic heterocycles. The number of nitrogens with zero attached hydrogens (tertiary/aromatic N) is 3. The van der Waals surface area contributed by atoms with Crippen LogP contribution in [0.5, 0.6) is 5.88 Å². The summed E-state index contributed by atoms with van der Waals surface area (Å²) in [6.45, 7) is 2.17. The highest BCUT2D eigenvalue weighted by molar-refractivity contribution is 5.82. The second kappa shape index (κ2) is 6.67. The molecule has 2 N–H and O–H groups in total. The van der Waals surface area contributed by atoms with Crippen LogP contribution in [-0.4, -0.2) is 52.2 Å². The average molecular weight is 334 g/mol. The minimum absolute atomic E-state index is 0.162. The Morgan fingerprint density at radius 1 is 1.21 bits per heavy atom. The zero-order chi connectivity index (χ0) is 17.1. The molecule has 0 aliphatic carbocycles. The molecule has 126 valence electrons. The van der Waals surface area contributed by atoms with Gasteiger partial charge >= 0.3 is 5.69 Å². The van der Waals surface area contributed by atoms with Gasteiger partial charge in [-0.05, 0) is 24.3 Å². The summed E-state index contributed by atoms with van der Waals surface area (Å²) in [5, 5.41) is 16.1. The number of rotatable bonds is 3. The van der Waals surface area contributed by atoms with Crippen molar-refractivity contribution in [2.75, 3.05) is 26.3 Å². The molecule has 0 atom stereocenters. The fourth-order valence-electron chi connectivity index (χ4n) is 2.29. The highest BCUT2D eigenvalue weighted by atomic mass is 19.1. The van der Waals surface area contributed by atoms with Crippen molar-refractivity contribution in [1.82, 2.24) is 14.6 Å². The first kappa shape index (κ1) is 15.9. The van der Waals surface area contributed by atoms with E-state index in [-0.39, 0.29) is 11.3 Å². The van der Waals surface area contributed by atoms with Crippen LogP contribution in [0.15, 0.2) is 39.0 Å². The molecule has 1 aliphatic rings. The number of hydrazone groups is 1. The van der Waals surface area contributed by atoms with Crippen LogP contribution in [-0.2, 0) is 4.74 Å². The fraction of sp³-hybridized carbons (Fsp3) is 0.267. The van der Waals surface area contributed by atoms with Crippen molar-refractivity contribution in [2.45, 2.75) is 0 Å². The highest BCUT2D eigenvalue weighted by Crippen LogP contribution is 2.15. The van der Waals surface area contributed by atoms with Gasteiger partial charge in [0.05, 0.1) is 38.2 Å². The summed E-state index contributed by atoms with van der Waals surface area (Å²) < 4.78 is 19.1. The van der Waals surface area contributed by atoms with Crippen molar-refractivity contribution in [3.63, 3.8) is 0 Å². The molecule has 8 nitrogen and oxygen atoms in total. The molecule has 2 aromatic rings. The lowest BCUT2D eigenvalue weighted by molar-refractivity contribution is 0.0396. The van der Waals surface area contributed by atoms with Crippen LogP contribution >= 0.6 is 0 Å². The summed E-state index contributed by atoms with van der Waals surface area (Å²) in [6, 6.07) is 4.93. The number of ether oxygens (including phenoxy) is 1. The van der Waals surface area contributed by atoms with Gasteiger partial charge in [-0.25, -0.2) is 13.8 Å². The van der Waals surface area contributed by atoms with E-state index in [0.29, 0.717) is 26.3 Å². The summed E-state index contributed by atoms with van der Waals surface area (Å²) >= 11 is 0. The van der Waals surface area contributed by atoms with E-state index in [0.717, 1.165) is 16.7 Å². The van der Waals surface area contributed by atoms with Gasteiger partial charge in [0.15, 0.2) is 0 Å². The van der Waals surface area contributed by atoms with E-state index in [1.807, 2.05) is 0 Å². The lowest BCUT2D eigenvalue weighted by Crippen LogP contribution is -2.34. The van der Waals surface area contributed by atoms with Crippen LogP contribution in [0.2, 0.25) is 0 Å². The summed E-state index contributed by atoms with van der Waals surface area (Å²) in [4.78, 5) is 26.0. The number of hydrogen-bond acceptors (Lipinski definition) is 6. The van der Waals surface area contributed by atoms with E-state index < -0.39 is 22.9 Å². The van der Waals surface area contributed by atoms with Gasteiger partial charge in [0.25, 0.3) is 5.56 Å². The Morgan fingerprint density at radius 2 is 1.88 bits per heavy atom. The summed E-state index contributed by atoms with van der Waals surface area (Å²) in [5.74, 6) is -1.04. The van der Waals surface area contributed by atoms with Crippen LogP contribution in [0.1, 0.15) is 5.56 Å². The van der Waals surface area contributed by atoms with Crippen molar-refractivity contribution >= 4 is 6.21 Å². The predicted octanol–water partition coefficient (Wildman–Crippen LogP) is 0.0366. The summed E-state index contributed by atoms with van der Waals surface area (Å²) in [5.41, 5.74) is -1.53. The minimum atomic E-state index is -0.826. The van der Waals surface area contributed by atoms with Crippen LogP contribution in [0.3, 0.4) is 0 Å². The Morgan fingerprint density at radius 3 is 2.54 bits per heavy atom. The SMILES string of the molecule is O=c1[nH]c(=O)n(-c2ccc(F)cc2)c(O)c1C=NN1CCOCC1. The zero-order valence-corrected chi connectivity index (χ0v) is 12.6. The van der Waals surface area contributed by atoms with Crippen molar-refractivity contribution < 1.29 is 14.2 Å². The number of halogens is 1. The maximum Gasteiger partial charge on any atom is 0.335 e. The molecule has 0 unspecified atom stereocenters. The second-order valence-electron chi connectivity index (χ2n) is 5.12. The van der Waals surface area contributed by atoms with Crippen LogP contribution in [0.4, 0.5) is 4.39 Å². The largest absolute Gasteiger partial charge is 0.493 e. The van der Waals surface area contributed by atoms with Crippen LogP contribution < -0.4 is 11.2 Å². The maximum absolute atomic E-state index is 13.0. The van der Waals surface area contributed by atoms with Crippen molar-refractivity contribution in [2.24, 2.45) is 5.10 Å². The zero-order valence-electron chi connectivity index (χ0n) is 12.6. The Kier molecular flexibility index (Phi) is 4.43. The maximum atomic E-state index is 13.0.